The number of hydrogen-bond acceptors (Lipinski definition) is 6. The minimum atomic E-state index is -0.316. The van der Waals surface area contributed by atoms with Gasteiger partial charge in [0.2, 0.25) is 0 Å². The largest absolute Gasteiger partial charge is 0.460 e. The molecule has 0 unspecified atom stereocenters. The molecule has 0 atom stereocenters. The molecule has 0 aliphatic carbocycles. The zero-order chi connectivity index (χ0) is 14.3. The molecule has 1 N–H and O–H groups in total. The van der Waals surface area contributed by atoms with Crippen molar-refractivity contribution in [3.63, 3.8) is 0 Å². The van der Waals surface area contributed by atoms with Crippen molar-refractivity contribution in [1.82, 2.24) is 0 Å². The Kier molecular flexibility index (Phi) is 12.8. The third kappa shape index (κ3) is 11.9. The lowest BCUT2D eigenvalue weighted by Gasteiger charge is -2.07. The lowest BCUT2D eigenvalue weighted by molar-refractivity contribution is -0.140. The number of ether oxygens (including phenoxy) is 4. The molecule has 0 saturated carbocycles. The van der Waals surface area contributed by atoms with Gasteiger partial charge in [0.25, 0.3) is 0 Å². The summed E-state index contributed by atoms with van der Waals surface area (Å²) in [4.78, 5) is 11.2. The van der Waals surface area contributed by atoms with E-state index in [-0.39, 0.29) is 19.2 Å². The Bertz CT molecular complexity index is 252. The molecule has 6 heteroatoms. The van der Waals surface area contributed by atoms with Gasteiger partial charge in [0.1, 0.15) is 6.61 Å². The molecule has 6 nitrogen and oxygen atoms in total. The van der Waals surface area contributed by atoms with Gasteiger partial charge in [0, 0.05) is 5.57 Å². The highest BCUT2D eigenvalue weighted by Crippen LogP contribution is 1.95. The summed E-state index contributed by atoms with van der Waals surface area (Å²) < 4.78 is 20.4. The molecule has 19 heavy (non-hydrogen) atoms. The molecule has 0 aromatic carbocycles. The van der Waals surface area contributed by atoms with Gasteiger partial charge < -0.3 is 24.1 Å². The van der Waals surface area contributed by atoms with Gasteiger partial charge >= 0.3 is 5.97 Å². The summed E-state index contributed by atoms with van der Waals surface area (Å²) in [6.07, 6.45) is 1.70. The van der Waals surface area contributed by atoms with E-state index in [1.165, 1.54) is 0 Å². The van der Waals surface area contributed by atoms with Gasteiger partial charge in [-0.05, 0) is 13.8 Å². The van der Waals surface area contributed by atoms with Crippen molar-refractivity contribution in [2.24, 2.45) is 0 Å². The van der Waals surface area contributed by atoms with E-state index in [2.05, 4.69) is 0 Å². The fourth-order valence-electron chi connectivity index (χ4n) is 1.03. The highest BCUT2D eigenvalue weighted by molar-refractivity contribution is 5.87. The summed E-state index contributed by atoms with van der Waals surface area (Å²) in [6, 6.07) is 0. The molecule has 0 amide bonds. The molecule has 0 saturated heterocycles. The smallest absolute Gasteiger partial charge is 0.333 e. The van der Waals surface area contributed by atoms with Crippen LogP contribution < -0.4 is 0 Å². The van der Waals surface area contributed by atoms with Crippen molar-refractivity contribution in [3.8, 4) is 0 Å². The standard InChI is InChI=1S/C13H24O6/c1-3-12(2)13(15)19-11-10-18-9-8-17-7-6-16-5-4-14/h3,14H,4-11H2,1-2H3. The Morgan fingerprint density at radius 2 is 1.42 bits per heavy atom. The molecule has 0 bridgehead atoms. The van der Waals surface area contributed by atoms with Crippen molar-refractivity contribution in [3.05, 3.63) is 11.6 Å². The number of rotatable bonds is 12. The number of carbonyl (C=O) groups excluding carboxylic acids is 1. The van der Waals surface area contributed by atoms with Crippen LogP contribution in [0.25, 0.3) is 0 Å². The molecule has 0 aliphatic heterocycles. The molecule has 0 spiro atoms. The molecular weight excluding hydrogens is 252 g/mol. The van der Waals surface area contributed by atoms with Crippen LogP contribution in [0, 0.1) is 0 Å². The van der Waals surface area contributed by atoms with Crippen molar-refractivity contribution in [2.75, 3.05) is 52.9 Å². The SMILES string of the molecule is CC=C(C)C(=O)OCCOCCOCCOCCO. The molecule has 0 aromatic heterocycles. The third-order valence-corrected chi connectivity index (χ3v) is 2.20. The maximum absolute atomic E-state index is 11.2. The van der Waals surface area contributed by atoms with Crippen molar-refractivity contribution in [2.45, 2.75) is 13.8 Å². The summed E-state index contributed by atoms with van der Waals surface area (Å²) in [6.45, 7) is 6.27. The quantitative estimate of drug-likeness (QED) is 0.318. The second-order valence-electron chi connectivity index (χ2n) is 3.67. The van der Waals surface area contributed by atoms with Gasteiger partial charge in [-0.2, -0.15) is 0 Å². The zero-order valence-electron chi connectivity index (χ0n) is 11.7. The average Bonchev–Trinajstić information content (AvgIpc) is 2.43. The summed E-state index contributed by atoms with van der Waals surface area (Å²) >= 11 is 0. The lowest BCUT2D eigenvalue weighted by Crippen LogP contribution is -2.14. The summed E-state index contributed by atoms with van der Waals surface area (Å²) in [5, 5.41) is 8.45. The molecule has 0 heterocycles. The zero-order valence-corrected chi connectivity index (χ0v) is 11.7. The van der Waals surface area contributed by atoms with E-state index in [4.69, 9.17) is 24.1 Å². The van der Waals surface area contributed by atoms with Crippen LogP contribution >= 0.6 is 0 Å². The number of esters is 1. The maximum atomic E-state index is 11.2. The number of hydrogen-bond donors (Lipinski definition) is 1. The molecule has 0 fully saturated rings. The van der Waals surface area contributed by atoms with Crippen molar-refractivity contribution >= 4 is 5.97 Å². The molecule has 0 aliphatic rings. The number of aliphatic hydroxyl groups excluding tert-OH is 1. The van der Waals surface area contributed by atoms with E-state index < -0.39 is 0 Å². The summed E-state index contributed by atoms with van der Waals surface area (Å²) in [5.41, 5.74) is 0.589. The topological polar surface area (TPSA) is 74.2 Å². The number of carbonyl (C=O) groups is 1. The van der Waals surface area contributed by atoms with E-state index in [9.17, 15) is 4.79 Å². The van der Waals surface area contributed by atoms with Crippen LogP contribution in [0.1, 0.15) is 13.8 Å². The summed E-state index contributed by atoms with van der Waals surface area (Å²) in [5.74, 6) is -0.316. The molecular formula is C13H24O6. The minimum absolute atomic E-state index is 0.0223. The van der Waals surface area contributed by atoms with Gasteiger partial charge in [-0.3, -0.25) is 0 Å². The fourth-order valence-corrected chi connectivity index (χ4v) is 1.03. The molecule has 112 valence electrons. The van der Waals surface area contributed by atoms with E-state index >= 15 is 0 Å². The predicted octanol–water partition coefficient (Wildman–Crippen LogP) is 0.538. The Morgan fingerprint density at radius 1 is 0.947 bits per heavy atom. The van der Waals surface area contributed by atoms with Crippen LogP contribution in [0.4, 0.5) is 0 Å². The van der Waals surface area contributed by atoms with Crippen LogP contribution in [0.3, 0.4) is 0 Å². The normalized spacial score (nSPS) is 11.6. The monoisotopic (exact) mass is 276 g/mol. The van der Waals surface area contributed by atoms with Gasteiger partial charge in [0.15, 0.2) is 0 Å². The molecule has 0 radical (unpaired) electrons. The Hall–Kier alpha value is -0.950. The third-order valence-electron chi connectivity index (χ3n) is 2.20. The van der Waals surface area contributed by atoms with E-state index in [0.717, 1.165) is 0 Å². The summed E-state index contributed by atoms with van der Waals surface area (Å²) in [7, 11) is 0. The van der Waals surface area contributed by atoms with Crippen molar-refractivity contribution in [1.29, 1.82) is 0 Å². The van der Waals surface area contributed by atoms with Gasteiger partial charge in [0.05, 0.1) is 46.2 Å². The van der Waals surface area contributed by atoms with E-state index in [1.54, 1.807) is 19.9 Å². The first-order valence-corrected chi connectivity index (χ1v) is 6.36. The van der Waals surface area contributed by atoms with Gasteiger partial charge in [-0.25, -0.2) is 4.79 Å². The Labute approximate surface area is 114 Å². The van der Waals surface area contributed by atoms with E-state index in [0.29, 0.717) is 45.2 Å². The van der Waals surface area contributed by atoms with Crippen molar-refractivity contribution < 1.29 is 28.8 Å². The van der Waals surface area contributed by atoms with Crippen LogP contribution in [0.15, 0.2) is 11.6 Å². The molecule has 0 rings (SSSR count). The van der Waals surface area contributed by atoms with Crippen LogP contribution in [0.2, 0.25) is 0 Å². The van der Waals surface area contributed by atoms with Crippen LogP contribution in [-0.4, -0.2) is 63.9 Å². The second kappa shape index (κ2) is 13.5. The van der Waals surface area contributed by atoms with Crippen LogP contribution in [0.5, 0.6) is 0 Å². The number of aliphatic hydroxyl groups is 1. The predicted molar refractivity (Wildman–Crippen MR) is 69.9 cm³/mol. The van der Waals surface area contributed by atoms with Gasteiger partial charge in [-0.1, -0.05) is 6.08 Å². The fraction of sp³-hybridized carbons (Fsp3) is 0.769. The first-order valence-electron chi connectivity index (χ1n) is 6.36. The Morgan fingerprint density at radius 3 is 1.89 bits per heavy atom. The minimum Gasteiger partial charge on any atom is -0.460 e. The first kappa shape index (κ1) is 18.0. The lowest BCUT2D eigenvalue weighted by atomic mass is 10.3. The average molecular weight is 276 g/mol. The number of allylic oxidation sites excluding steroid dienone is 1. The highest BCUT2D eigenvalue weighted by atomic mass is 16.6. The highest BCUT2D eigenvalue weighted by Gasteiger charge is 2.03. The molecule has 0 aromatic rings. The maximum Gasteiger partial charge on any atom is 0.333 e. The first-order chi connectivity index (χ1) is 9.22. The van der Waals surface area contributed by atoms with Gasteiger partial charge in [-0.15, -0.1) is 0 Å². The second-order valence-corrected chi connectivity index (χ2v) is 3.67. The van der Waals surface area contributed by atoms with Crippen LogP contribution in [-0.2, 0) is 23.7 Å². The van der Waals surface area contributed by atoms with E-state index in [1.807, 2.05) is 0 Å². The Balaban J connectivity index is 3.17.